The molecule has 0 radical (unpaired) electrons. The molecule has 1 heterocycles. The van der Waals surface area contributed by atoms with Crippen molar-refractivity contribution in [2.75, 3.05) is 0 Å². The van der Waals surface area contributed by atoms with E-state index in [9.17, 15) is 4.79 Å². The lowest BCUT2D eigenvalue weighted by Crippen LogP contribution is -2.16. The zero-order chi connectivity index (χ0) is 9.26. The molecule has 2 aromatic rings. The normalized spacial score (nSPS) is 10.2. The molecule has 5 nitrogen and oxygen atoms in total. The van der Waals surface area contributed by atoms with Gasteiger partial charge in [-0.25, -0.2) is 9.89 Å². The third kappa shape index (κ3) is 1.24. The van der Waals surface area contributed by atoms with Crippen molar-refractivity contribution in [3.8, 4) is 5.69 Å². The van der Waals surface area contributed by atoms with Crippen LogP contribution >= 0.6 is 0 Å². The molecule has 0 amide bonds. The largest absolute Gasteiger partial charge is 0.365 e. The highest BCUT2D eigenvalue weighted by Crippen LogP contribution is 2.08. The number of aromatic nitrogens is 4. The number of rotatable bonds is 1. The van der Waals surface area contributed by atoms with Gasteiger partial charge in [0, 0.05) is 0 Å². The van der Waals surface area contributed by atoms with E-state index in [1.807, 2.05) is 31.2 Å². The Balaban J connectivity index is 2.66. The minimum atomic E-state index is -0.325. The maximum Gasteiger partial charge on any atom is 0.365 e. The highest BCUT2D eigenvalue weighted by atomic mass is 16.2. The second-order valence-corrected chi connectivity index (χ2v) is 2.70. The van der Waals surface area contributed by atoms with Crippen molar-refractivity contribution in [3.63, 3.8) is 0 Å². The van der Waals surface area contributed by atoms with Crippen LogP contribution in [0.3, 0.4) is 0 Å². The minimum Gasteiger partial charge on any atom is -0.244 e. The monoisotopic (exact) mass is 176 g/mol. The molecule has 0 saturated carbocycles. The van der Waals surface area contributed by atoms with Crippen LogP contribution in [0.4, 0.5) is 0 Å². The first-order valence-electron chi connectivity index (χ1n) is 3.85. The lowest BCUT2D eigenvalue weighted by molar-refractivity contribution is 0.775. The summed E-state index contributed by atoms with van der Waals surface area (Å²) in [5.41, 5.74) is 1.41. The van der Waals surface area contributed by atoms with Crippen molar-refractivity contribution < 1.29 is 0 Å². The Labute approximate surface area is 74.0 Å². The molecule has 2 rings (SSSR count). The van der Waals surface area contributed by atoms with Gasteiger partial charge < -0.3 is 0 Å². The van der Waals surface area contributed by atoms with Crippen molar-refractivity contribution in [3.05, 3.63) is 40.3 Å². The van der Waals surface area contributed by atoms with Crippen LogP contribution in [0.2, 0.25) is 0 Å². The van der Waals surface area contributed by atoms with Crippen molar-refractivity contribution in [1.82, 2.24) is 20.2 Å². The Morgan fingerprint density at radius 1 is 1.38 bits per heavy atom. The van der Waals surface area contributed by atoms with E-state index in [-0.39, 0.29) is 5.69 Å². The predicted octanol–water partition coefficient (Wildman–Crippen LogP) is 0.264. The van der Waals surface area contributed by atoms with E-state index in [0.717, 1.165) is 11.3 Å². The lowest BCUT2D eigenvalue weighted by Gasteiger charge is -2.00. The molecule has 0 saturated heterocycles. The molecule has 1 aromatic carbocycles. The average molecular weight is 176 g/mol. The summed E-state index contributed by atoms with van der Waals surface area (Å²) in [6.07, 6.45) is 0. The van der Waals surface area contributed by atoms with Gasteiger partial charge in [0.15, 0.2) is 0 Å². The summed E-state index contributed by atoms with van der Waals surface area (Å²) in [7, 11) is 0. The Kier molecular flexibility index (Phi) is 1.70. The Morgan fingerprint density at radius 2 is 2.15 bits per heavy atom. The van der Waals surface area contributed by atoms with Gasteiger partial charge in [0.05, 0.1) is 5.69 Å². The molecule has 0 aliphatic rings. The molecule has 0 spiro atoms. The van der Waals surface area contributed by atoms with E-state index in [4.69, 9.17) is 0 Å². The van der Waals surface area contributed by atoms with Crippen LogP contribution in [0.15, 0.2) is 29.1 Å². The number of tetrazole rings is 1. The van der Waals surface area contributed by atoms with Crippen molar-refractivity contribution >= 4 is 0 Å². The van der Waals surface area contributed by atoms with Crippen molar-refractivity contribution in [1.29, 1.82) is 0 Å². The zero-order valence-electron chi connectivity index (χ0n) is 7.06. The summed E-state index contributed by atoms with van der Waals surface area (Å²) in [4.78, 5) is 11.2. The number of para-hydroxylation sites is 1. The molecular formula is C8H8N4O. The van der Waals surface area contributed by atoms with Gasteiger partial charge in [-0.05, 0) is 29.0 Å². The first-order chi connectivity index (χ1) is 6.29. The molecule has 0 unspecified atom stereocenters. The SMILES string of the molecule is Cc1ccccc1-n1nn[nH]c1=O. The van der Waals surface area contributed by atoms with Crippen LogP contribution < -0.4 is 5.69 Å². The number of benzene rings is 1. The van der Waals surface area contributed by atoms with Crippen molar-refractivity contribution in [2.45, 2.75) is 6.92 Å². The summed E-state index contributed by atoms with van der Waals surface area (Å²) in [5, 5.41) is 9.30. The number of H-pyrrole nitrogens is 1. The summed E-state index contributed by atoms with van der Waals surface area (Å²) in [5.74, 6) is 0. The molecule has 5 heteroatoms. The lowest BCUT2D eigenvalue weighted by atomic mass is 10.2. The second kappa shape index (κ2) is 2.85. The zero-order valence-corrected chi connectivity index (χ0v) is 7.06. The summed E-state index contributed by atoms with van der Waals surface area (Å²) in [6, 6.07) is 7.49. The molecule has 1 N–H and O–H groups in total. The highest BCUT2D eigenvalue weighted by Gasteiger charge is 2.03. The molecule has 13 heavy (non-hydrogen) atoms. The summed E-state index contributed by atoms with van der Waals surface area (Å²) in [6.45, 7) is 1.91. The van der Waals surface area contributed by atoms with E-state index in [0.29, 0.717) is 0 Å². The third-order valence-electron chi connectivity index (χ3n) is 1.82. The maximum atomic E-state index is 11.2. The topological polar surface area (TPSA) is 63.6 Å². The van der Waals surface area contributed by atoms with Gasteiger partial charge in [0.25, 0.3) is 0 Å². The summed E-state index contributed by atoms with van der Waals surface area (Å²) >= 11 is 0. The van der Waals surface area contributed by atoms with Gasteiger partial charge in [0.2, 0.25) is 0 Å². The van der Waals surface area contributed by atoms with E-state index in [2.05, 4.69) is 15.5 Å². The fraction of sp³-hybridized carbons (Fsp3) is 0.125. The van der Waals surface area contributed by atoms with Gasteiger partial charge >= 0.3 is 5.69 Å². The minimum absolute atomic E-state index is 0.325. The Hall–Kier alpha value is -1.91. The van der Waals surface area contributed by atoms with Gasteiger partial charge in [0.1, 0.15) is 0 Å². The van der Waals surface area contributed by atoms with Crippen LogP contribution in [0.1, 0.15) is 5.56 Å². The first kappa shape index (κ1) is 7.72. The van der Waals surface area contributed by atoms with Gasteiger partial charge in [-0.1, -0.05) is 18.2 Å². The number of aryl methyl sites for hydroxylation is 1. The van der Waals surface area contributed by atoms with E-state index >= 15 is 0 Å². The molecule has 0 aliphatic carbocycles. The maximum absolute atomic E-state index is 11.2. The van der Waals surface area contributed by atoms with Gasteiger partial charge in [-0.3, -0.25) is 0 Å². The predicted molar refractivity (Wildman–Crippen MR) is 46.7 cm³/mol. The van der Waals surface area contributed by atoms with Crippen LogP contribution in [0.25, 0.3) is 5.69 Å². The standard InChI is InChI=1S/C8H8N4O/c1-6-4-2-3-5-7(6)12-8(13)9-10-11-12/h2-5H,1H3,(H,9,11,13). The highest BCUT2D eigenvalue weighted by molar-refractivity contribution is 5.38. The molecule has 0 fully saturated rings. The van der Waals surface area contributed by atoms with Gasteiger partial charge in [-0.2, -0.15) is 4.68 Å². The van der Waals surface area contributed by atoms with E-state index < -0.39 is 0 Å². The quantitative estimate of drug-likeness (QED) is 0.678. The van der Waals surface area contributed by atoms with E-state index in [1.165, 1.54) is 4.68 Å². The smallest absolute Gasteiger partial charge is 0.244 e. The van der Waals surface area contributed by atoms with Gasteiger partial charge in [-0.15, -0.1) is 0 Å². The number of nitrogens with zero attached hydrogens (tertiary/aromatic N) is 3. The van der Waals surface area contributed by atoms with Crippen LogP contribution in [-0.4, -0.2) is 20.2 Å². The molecule has 0 aliphatic heterocycles. The molecule has 0 bridgehead atoms. The Bertz CT molecular complexity index is 471. The number of hydrogen-bond donors (Lipinski definition) is 1. The molecular weight excluding hydrogens is 168 g/mol. The first-order valence-corrected chi connectivity index (χ1v) is 3.85. The number of aromatic amines is 1. The van der Waals surface area contributed by atoms with Crippen LogP contribution in [0, 0.1) is 6.92 Å². The fourth-order valence-electron chi connectivity index (χ4n) is 1.16. The third-order valence-corrected chi connectivity index (χ3v) is 1.82. The fourth-order valence-corrected chi connectivity index (χ4v) is 1.16. The molecule has 1 aromatic heterocycles. The average Bonchev–Trinajstić information content (AvgIpc) is 2.52. The summed E-state index contributed by atoms with van der Waals surface area (Å²) < 4.78 is 1.23. The van der Waals surface area contributed by atoms with E-state index in [1.54, 1.807) is 0 Å². The van der Waals surface area contributed by atoms with Crippen LogP contribution in [0.5, 0.6) is 0 Å². The molecule has 0 atom stereocenters. The number of nitrogens with one attached hydrogen (secondary N) is 1. The second-order valence-electron chi connectivity index (χ2n) is 2.70. The number of hydrogen-bond acceptors (Lipinski definition) is 3. The Morgan fingerprint density at radius 3 is 2.77 bits per heavy atom. The molecule has 66 valence electrons. The van der Waals surface area contributed by atoms with Crippen LogP contribution in [-0.2, 0) is 0 Å². The van der Waals surface area contributed by atoms with Crippen molar-refractivity contribution in [2.24, 2.45) is 0 Å².